The first-order valence-corrected chi connectivity index (χ1v) is 11.9. The fourth-order valence-corrected chi connectivity index (χ4v) is 4.67. The Morgan fingerprint density at radius 3 is 1.24 bits per heavy atom. The number of halogens is 2. The summed E-state index contributed by atoms with van der Waals surface area (Å²) in [5.74, 6) is -0.379. The lowest BCUT2D eigenvalue weighted by atomic mass is 9.89. The summed E-state index contributed by atoms with van der Waals surface area (Å²) in [6, 6.07) is 30.5. The van der Waals surface area contributed by atoms with Gasteiger partial charge in [0.2, 0.25) is 0 Å². The van der Waals surface area contributed by atoms with Gasteiger partial charge in [-0.25, -0.2) is 4.39 Å². The van der Waals surface area contributed by atoms with Crippen LogP contribution in [0.2, 0.25) is 0 Å². The van der Waals surface area contributed by atoms with Gasteiger partial charge in [0, 0.05) is 26.8 Å². The van der Waals surface area contributed by atoms with Gasteiger partial charge in [-0.2, -0.15) is 0 Å². The molecule has 0 saturated carbocycles. The molecular weight excluding hydrogens is 487 g/mol. The molecule has 0 saturated heterocycles. The summed E-state index contributed by atoms with van der Waals surface area (Å²) in [6.07, 6.45) is 0. The van der Waals surface area contributed by atoms with Crippen molar-refractivity contribution in [1.82, 2.24) is 0 Å². The Bertz CT molecular complexity index is 1330. The summed E-state index contributed by atoms with van der Waals surface area (Å²) in [7, 11) is 0. The number of carbonyl (C=O) groups excluding carboxylic acids is 1. The average molecular weight is 509 g/mol. The van der Waals surface area contributed by atoms with Crippen molar-refractivity contribution in [1.29, 1.82) is 0 Å². The van der Waals surface area contributed by atoms with Gasteiger partial charge in [0.25, 0.3) is 0 Å². The molecule has 1 aliphatic rings. The van der Waals surface area contributed by atoms with Gasteiger partial charge in [0.05, 0.1) is 0 Å². The third-order valence-electron chi connectivity index (χ3n) is 6.15. The summed E-state index contributed by atoms with van der Waals surface area (Å²) in [4.78, 5) is 14.2. The topological polar surface area (TPSA) is 17.1 Å². The second-order valence-corrected chi connectivity index (χ2v) is 9.49. The van der Waals surface area contributed by atoms with Crippen molar-refractivity contribution < 1.29 is 9.18 Å². The van der Waals surface area contributed by atoms with Crippen LogP contribution in [-0.2, 0) is 4.79 Å². The van der Waals surface area contributed by atoms with E-state index in [4.69, 9.17) is 0 Å². The number of allylic oxidation sites excluding steroid dienone is 4. The van der Waals surface area contributed by atoms with Crippen molar-refractivity contribution in [3.05, 3.63) is 141 Å². The van der Waals surface area contributed by atoms with Crippen molar-refractivity contribution in [2.24, 2.45) is 0 Å². The van der Waals surface area contributed by atoms with Gasteiger partial charge in [-0.15, -0.1) is 0 Å². The lowest BCUT2D eigenvalue weighted by molar-refractivity contribution is -0.108. The molecule has 0 aliphatic heterocycles. The molecule has 0 N–H and O–H groups in total. The van der Waals surface area contributed by atoms with E-state index in [0.717, 1.165) is 43.4 Å². The Morgan fingerprint density at radius 1 is 0.500 bits per heavy atom. The Kier molecular flexibility index (Phi) is 5.89. The van der Waals surface area contributed by atoms with E-state index in [1.54, 1.807) is 12.1 Å². The summed E-state index contributed by atoms with van der Waals surface area (Å²) in [5.41, 5.74) is 8.79. The number of Topliss-reactive ketones (excluding diaryl/α,β-unsaturated/α-hetero) is 1. The van der Waals surface area contributed by atoms with Crippen LogP contribution in [-0.4, -0.2) is 5.78 Å². The molecule has 4 aromatic rings. The summed E-state index contributed by atoms with van der Waals surface area (Å²) < 4.78 is 14.7. The molecule has 0 spiro atoms. The van der Waals surface area contributed by atoms with E-state index in [1.165, 1.54) is 12.1 Å². The minimum atomic E-state index is -0.327. The van der Waals surface area contributed by atoms with Gasteiger partial charge >= 0.3 is 0 Å². The number of hydrogen-bond acceptors (Lipinski definition) is 1. The summed E-state index contributed by atoms with van der Waals surface area (Å²) in [5, 5.41) is 0. The van der Waals surface area contributed by atoms with E-state index < -0.39 is 0 Å². The number of ketones is 1. The van der Waals surface area contributed by atoms with Crippen LogP contribution in [0.1, 0.15) is 33.4 Å². The lowest BCUT2D eigenvalue weighted by Crippen LogP contribution is -2.02. The highest BCUT2D eigenvalue weighted by Crippen LogP contribution is 2.49. The van der Waals surface area contributed by atoms with Crippen molar-refractivity contribution in [2.45, 2.75) is 13.8 Å². The smallest absolute Gasteiger partial charge is 0.195 e. The normalized spacial score (nSPS) is 13.7. The molecule has 4 aromatic carbocycles. The Balaban J connectivity index is 1.86. The quantitative estimate of drug-likeness (QED) is 0.270. The number of aryl methyl sites for hydroxylation is 2. The van der Waals surface area contributed by atoms with Crippen LogP contribution in [0.25, 0.3) is 22.3 Å². The van der Waals surface area contributed by atoms with Crippen molar-refractivity contribution in [2.75, 3.05) is 0 Å². The second kappa shape index (κ2) is 9.00. The molecule has 1 nitrogen and oxygen atoms in total. The molecule has 34 heavy (non-hydrogen) atoms. The Morgan fingerprint density at radius 2 is 0.824 bits per heavy atom. The van der Waals surface area contributed by atoms with Gasteiger partial charge < -0.3 is 0 Å². The maximum atomic E-state index is 14.2. The number of hydrogen-bond donors (Lipinski definition) is 0. The van der Waals surface area contributed by atoms with E-state index in [1.807, 2.05) is 62.4 Å². The summed E-state index contributed by atoms with van der Waals surface area (Å²) >= 11 is 3.53. The molecule has 0 aromatic heterocycles. The van der Waals surface area contributed by atoms with Crippen LogP contribution in [0, 0.1) is 19.7 Å². The van der Waals surface area contributed by atoms with E-state index in [0.29, 0.717) is 16.7 Å². The van der Waals surface area contributed by atoms with E-state index in [-0.39, 0.29) is 11.6 Å². The fraction of sp³-hybridized carbons (Fsp3) is 0.0645. The third kappa shape index (κ3) is 4.08. The molecule has 166 valence electrons. The Labute approximate surface area is 207 Å². The summed E-state index contributed by atoms with van der Waals surface area (Å²) in [6.45, 7) is 4.08. The molecule has 0 unspecified atom stereocenters. The van der Waals surface area contributed by atoms with Gasteiger partial charge in [-0.3, -0.25) is 4.79 Å². The molecule has 0 bridgehead atoms. The van der Waals surface area contributed by atoms with E-state index >= 15 is 0 Å². The first-order valence-electron chi connectivity index (χ1n) is 11.1. The highest BCUT2D eigenvalue weighted by Gasteiger charge is 2.35. The zero-order valence-electron chi connectivity index (χ0n) is 18.9. The molecule has 3 heteroatoms. The molecule has 0 atom stereocenters. The zero-order valence-corrected chi connectivity index (χ0v) is 20.5. The molecule has 0 fully saturated rings. The minimum absolute atomic E-state index is 0.0519. The van der Waals surface area contributed by atoms with Crippen molar-refractivity contribution in [3.8, 4) is 0 Å². The largest absolute Gasteiger partial charge is 0.289 e. The standard InChI is InChI=1S/C31H22BrFO/c1-19-3-7-21(8-4-19)27-28(22-11-15-25(32)16-12-22)29(23-9-5-20(2)6-10-23)31(34)30(27)24-13-17-26(33)18-14-24/h3-18H,1-2H3. The number of carbonyl (C=O) groups is 1. The zero-order chi connectivity index (χ0) is 23.8. The van der Waals surface area contributed by atoms with Crippen molar-refractivity contribution in [3.63, 3.8) is 0 Å². The predicted molar refractivity (Wildman–Crippen MR) is 142 cm³/mol. The molecule has 0 heterocycles. The van der Waals surface area contributed by atoms with E-state index in [2.05, 4.69) is 40.2 Å². The molecular formula is C31H22BrFO. The van der Waals surface area contributed by atoms with Gasteiger partial charge in [-0.05, 0) is 60.4 Å². The predicted octanol–water partition coefficient (Wildman–Crippen LogP) is 8.31. The first kappa shape index (κ1) is 22.2. The monoisotopic (exact) mass is 508 g/mol. The second-order valence-electron chi connectivity index (χ2n) is 8.57. The molecule has 1 aliphatic carbocycles. The van der Waals surface area contributed by atoms with Gasteiger partial charge in [-0.1, -0.05) is 99.9 Å². The average Bonchev–Trinajstić information content (AvgIpc) is 3.14. The van der Waals surface area contributed by atoms with Crippen LogP contribution in [0.3, 0.4) is 0 Å². The SMILES string of the molecule is Cc1ccc(C2=C(c3ccc(Br)cc3)C(c3ccc(C)cc3)=C(c3ccc(F)cc3)C2=O)cc1. The highest BCUT2D eigenvalue weighted by molar-refractivity contribution is 9.10. The van der Waals surface area contributed by atoms with Crippen LogP contribution >= 0.6 is 15.9 Å². The lowest BCUT2D eigenvalue weighted by Gasteiger charge is -2.14. The molecule has 5 rings (SSSR count). The Hall–Kier alpha value is -3.56. The van der Waals surface area contributed by atoms with Crippen LogP contribution < -0.4 is 0 Å². The number of benzene rings is 4. The highest BCUT2D eigenvalue weighted by atomic mass is 79.9. The van der Waals surface area contributed by atoms with Crippen molar-refractivity contribution >= 4 is 44.0 Å². The van der Waals surface area contributed by atoms with Crippen LogP contribution in [0.15, 0.2) is 102 Å². The van der Waals surface area contributed by atoms with E-state index in [9.17, 15) is 9.18 Å². The minimum Gasteiger partial charge on any atom is -0.289 e. The first-order chi connectivity index (χ1) is 16.4. The molecule has 0 amide bonds. The van der Waals surface area contributed by atoms with Crippen LogP contribution in [0.4, 0.5) is 4.39 Å². The number of rotatable bonds is 4. The fourth-order valence-electron chi connectivity index (χ4n) is 4.40. The van der Waals surface area contributed by atoms with Gasteiger partial charge in [0.1, 0.15) is 5.82 Å². The third-order valence-corrected chi connectivity index (χ3v) is 6.68. The van der Waals surface area contributed by atoms with Crippen LogP contribution in [0.5, 0.6) is 0 Å². The maximum absolute atomic E-state index is 14.2. The maximum Gasteiger partial charge on any atom is 0.195 e. The van der Waals surface area contributed by atoms with Gasteiger partial charge in [0.15, 0.2) is 5.78 Å². The molecule has 0 radical (unpaired) electrons.